The summed E-state index contributed by atoms with van der Waals surface area (Å²) in [6.07, 6.45) is 1.59. The Bertz CT molecular complexity index is 714. The molecule has 0 bridgehead atoms. The van der Waals surface area contributed by atoms with Gasteiger partial charge in [0, 0.05) is 42.2 Å². The molecular formula is C16H19BrN4O2. The van der Waals surface area contributed by atoms with Crippen molar-refractivity contribution in [3.8, 4) is 0 Å². The van der Waals surface area contributed by atoms with Crippen molar-refractivity contribution in [1.29, 1.82) is 0 Å². The number of anilines is 1. The smallest absolute Gasteiger partial charge is 0.319 e. The minimum atomic E-state index is -0.224. The van der Waals surface area contributed by atoms with Crippen LogP contribution in [0.5, 0.6) is 0 Å². The van der Waals surface area contributed by atoms with Crippen LogP contribution in [0.1, 0.15) is 17.0 Å². The lowest BCUT2D eigenvalue weighted by atomic mass is 10.1. The van der Waals surface area contributed by atoms with E-state index in [9.17, 15) is 4.79 Å². The van der Waals surface area contributed by atoms with Crippen LogP contribution in [0.3, 0.4) is 0 Å². The molecule has 2 aromatic rings. The molecule has 6 nitrogen and oxygen atoms in total. The Labute approximate surface area is 143 Å². The van der Waals surface area contributed by atoms with Crippen LogP contribution in [0.25, 0.3) is 0 Å². The van der Waals surface area contributed by atoms with Gasteiger partial charge < -0.3 is 15.4 Å². The molecule has 2 N–H and O–H groups in total. The second kappa shape index (κ2) is 7.14. The van der Waals surface area contributed by atoms with E-state index in [2.05, 4.69) is 31.7 Å². The van der Waals surface area contributed by atoms with Crippen LogP contribution >= 0.6 is 15.9 Å². The molecule has 1 aliphatic heterocycles. The summed E-state index contributed by atoms with van der Waals surface area (Å²) < 4.78 is 8.29. The Morgan fingerprint density at radius 1 is 1.43 bits per heavy atom. The predicted octanol–water partition coefficient (Wildman–Crippen LogP) is 2.62. The van der Waals surface area contributed by atoms with Gasteiger partial charge >= 0.3 is 6.03 Å². The molecule has 3 rings (SSSR count). The summed E-state index contributed by atoms with van der Waals surface area (Å²) in [5.41, 5.74) is 4.16. The van der Waals surface area contributed by atoms with Gasteiger partial charge in [0.2, 0.25) is 0 Å². The molecule has 0 saturated carbocycles. The van der Waals surface area contributed by atoms with Crippen LogP contribution in [0, 0.1) is 0 Å². The molecule has 0 radical (unpaired) electrons. The SMILES string of the molecule is Cn1nc(CCNC(=O)Nc2ccccc2Br)c2c1CCOC2. The van der Waals surface area contributed by atoms with Gasteiger partial charge in [0.15, 0.2) is 0 Å². The van der Waals surface area contributed by atoms with Crippen molar-refractivity contribution in [1.82, 2.24) is 15.1 Å². The maximum atomic E-state index is 12.0. The average Bonchev–Trinajstić information content (AvgIpc) is 2.87. The van der Waals surface area contributed by atoms with E-state index in [0.29, 0.717) is 19.6 Å². The van der Waals surface area contributed by atoms with Gasteiger partial charge in [0.1, 0.15) is 0 Å². The summed E-state index contributed by atoms with van der Waals surface area (Å²) in [6, 6.07) is 7.28. The Hall–Kier alpha value is -1.86. The molecule has 23 heavy (non-hydrogen) atoms. The van der Waals surface area contributed by atoms with E-state index in [4.69, 9.17) is 4.74 Å². The predicted molar refractivity (Wildman–Crippen MR) is 91.4 cm³/mol. The van der Waals surface area contributed by atoms with E-state index >= 15 is 0 Å². The first-order valence-electron chi connectivity index (χ1n) is 7.56. The normalized spacial score (nSPS) is 13.5. The highest BCUT2D eigenvalue weighted by Crippen LogP contribution is 2.21. The maximum absolute atomic E-state index is 12.0. The zero-order valence-corrected chi connectivity index (χ0v) is 14.5. The summed E-state index contributed by atoms with van der Waals surface area (Å²) in [4.78, 5) is 12.0. The third kappa shape index (κ3) is 3.73. The molecule has 0 aliphatic carbocycles. The third-order valence-electron chi connectivity index (χ3n) is 3.86. The number of fused-ring (bicyclic) bond motifs is 1. The molecule has 0 unspecified atom stereocenters. The Morgan fingerprint density at radius 2 is 2.26 bits per heavy atom. The molecule has 0 atom stereocenters. The van der Waals surface area contributed by atoms with E-state index in [-0.39, 0.29) is 6.03 Å². The molecule has 1 aromatic carbocycles. The molecule has 2 heterocycles. The first-order valence-corrected chi connectivity index (χ1v) is 8.35. The second-order valence-corrected chi connectivity index (χ2v) is 6.26. The number of rotatable bonds is 4. The van der Waals surface area contributed by atoms with Crippen molar-refractivity contribution in [2.45, 2.75) is 19.4 Å². The van der Waals surface area contributed by atoms with Crippen molar-refractivity contribution in [3.05, 3.63) is 45.7 Å². The highest BCUT2D eigenvalue weighted by molar-refractivity contribution is 9.10. The van der Waals surface area contributed by atoms with Crippen molar-refractivity contribution < 1.29 is 9.53 Å². The number of hydrogen-bond donors (Lipinski definition) is 2. The number of aryl methyl sites for hydroxylation is 1. The Morgan fingerprint density at radius 3 is 3.09 bits per heavy atom. The van der Waals surface area contributed by atoms with Gasteiger partial charge in [-0.3, -0.25) is 4.68 Å². The molecule has 1 aliphatic rings. The minimum absolute atomic E-state index is 0.224. The first-order chi connectivity index (χ1) is 11.1. The summed E-state index contributed by atoms with van der Waals surface area (Å²) in [6.45, 7) is 1.89. The van der Waals surface area contributed by atoms with Crippen LogP contribution in [-0.2, 0) is 31.2 Å². The summed E-state index contributed by atoms with van der Waals surface area (Å²) in [5, 5.41) is 10.2. The number of ether oxygens (including phenoxy) is 1. The Balaban J connectivity index is 1.54. The first kappa shape index (κ1) is 16.0. The van der Waals surface area contributed by atoms with Crippen LogP contribution < -0.4 is 10.6 Å². The fourth-order valence-electron chi connectivity index (χ4n) is 2.71. The zero-order valence-electron chi connectivity index (χ0n) is 12.9. The third-order valence-corrected chi connectivity index (χ3v) is 4.55. The highest BCUT2D eigenvalue weighted by atomic mass is 79.9. The number of nitrogens with one attached hydrogen (secondary N) is 2. The van der Waals surface area contributed by atoms with Crippen molar-refractivity contribution >= 4 is 27.6 Å². The maximum Gasteiger partial charge on any atom is 0.319 e. The molecule has 1 aromatic heterocycles. The number of urea groups is 1. The van der Waals surface area contributed by atoms with E-state index in [1.807, 2.05) is 36.0 Å². The number of para-hydroxylation sites is 1. The van der Waals surface area contributed by atoms with Gasteiger partial charge in [-0.1, -0.05) is 12.1 Å². The van der Waals surface area contributed by atoms with Crippen molar-refractivity contribution in [2.24, 2.45) is 7.05 Å². The van der Waals surface area contributed by atoms with Crippen molar-refractivity contribution in [3.63, 3.8) is 0 Å². The van der Waals surface area contributed by atoms with Gasteiger partial charge in [-0.2, -0.15) is 5.10 Å². The van der Waals surface area contributed by atoms with Gasteiger partial charge in [0.25, 0.3) is 0 Å². The van der Waals surface area contributed by atoms with Crippen LogP contribution in [0.4, 0.5) is 10.5 Å². The quantitative estimate of drug-likeness (QED) is 0.858. The minimum Gasteiger partial charge on any atom is -0.376 e. The van der Waals surface area contributed by atoms with E-state index in [0.717, 1.165) is 28.9 Å². The molecule has 122 valence electrons. The van der Waals surface area contributed by atoms with Gasteiger partial charge in [0.05, 0.1) is 24.6 Å². The molecule has 0 spiro atoms. The topological polar surface area (TPSA) is 68.2 Å². The van der Waals surface area contributed by atoms with Crippen molar-refractivity contribution in [2.75, 3.05) is 18.5 Å². The highest BCUT2D eigenvalue weighted by Gasteiger charge is 2.19. The summed E-state index contributed by atoms with van der Waals surface area (Å²) in [5.74, 6) is 0. The fourth-order valence-corrected chi connectivity index (χ4v) is 3.09. The van der Waals surface area contributed by atoms with E-state index in [1.54, 1.807) is 0 Å². The summed E-state index contributed by atoms with van der Waals surface area (Å²) in [7, 11) is 1.96. The molecular weight excluding hydrogens is 360 g/mol. The van der Waals surface area contributed by atoms with E-state index in [1.165, 1.54) is 11.3 Å². The molecule has 0 fully saturated rings. The van der Waals surface area contributed by atoms with Gasteiger partial charge in [-0.25, -0.2) is 4.79 Å². The Kier molecular flexibility index (Phi) is 4.97. The van der Waals surface area contributed by atoms with Gasteiger partial charge in [-0.05, 0) is 28.1 Å². The number of hydrogen-bond acceptors (Lipinski definition) is 3. The van der Waals surface area contributed by atoms with Crippen LogP contribution in [0.15, 0.2) is 28.7 Å². The van der Waals surface area contributed by atoms with E-state index < -0.39 is 0 Å². The molecule has 0 saturated heterocycles. The average molecular weight is 379 g/mol. The monoisotopic (exact) mass is 378 g/mol. The number of benzene rings is 1. The number of carbonyl (C=O) groups is 1. The largest absolute Gasteiger partial charge is 0.376 e. The van der Waals surface area contributed by atoms with Crippen LogP contribution in [0.2, 0.25) is 0 Å². The molecule has 7 heteroatoms. The number of nitrogens with zero attached hydrogens (tertiary/aromatic N) is 2. The van der Waals surface area contributed by atoms with Gasteiger partial charge in [-0.15, -0.1) is 0 Å². The molecule has 2 amide bonds. The fraction of sp³-hybridized carbons (Fsp3) is 0.375. The standard InChI is InChI=1S/C16H19BrN4O2/c1-21-15-7-9-23-10-11(15)13(20-21)6-8-18-16(22)19-14-5-3-2-4-12(14)17/h2-5H,6-10H2,1H3,(H2,18,19,22). The summed E-state index contributed by atoms with van der Waals surface area (Å²) >= 11 is 3.40. The number of amides is 2. The lowest BCUT2D eigenvalue weighted by Crippen LogP contribution is -2.30. The van der Waals surface area contributed by atoms with Crippen LogP contribution in [-0.4, -0.2) is 29.0 Å². The number of aromatic nitrogens is 2. The lowest BCUT2D eigenvalue weighted by molar-refractivity contribution is 0.108. The lowest BCUT2D eigenvalue weighted by Gasteiger charge is -2.13. The zero-order chi connectivity index (χ0) is 16.2. The number of carbonyl (C=O) groups excluding carboxylic acids is 1. The number of halogens is 1. The second-order valence-electron chi connectivity index (χ2n) is 5.41.